The fourth-order valence-electron chi connectivity index (χ4n) is 2.04. The summed E-state index contributed by atoms with van der Waals surface area (Å²) in [6.07, 6.45) is 1.10. The number of nitrogens with zero attached hydrogens (tertiary/aromatic N) is 1. The van der Waals surface area contributed by atoms with Crippen LogP contribution in [0.25, 0.3) is 0 Å². The highest BCUT2D eigenvalue weighted by Gasteiger charge is 2.30. The molecule has 0 aliphatic heterocycles. The predicted molar refractivity (Wildman–Crippen MR) is 91.1 cm³/mol. The average Bonchev–Trinajstić information content (AvgIpc) is 2.56. The number of halogens is 3. The van der Waals surface area contributed by atoms with E-state index in [2.05, 4.69) is 0 Å². The Morgan fingerprint density at radius 2 is 1.64 bits per heavy atom. The molecule has 0 saturated heterocycles. The summed E-state index contributed by atoms with van der Waals surface area (Å²) in [5.41, 5.74) is -0.437. The molecule has 2 aromatic rings. The zero-order valence-corrected chi connectivity index (χ0v) is 14.9. The summed E-state index contributed by atoms with van der Waals surface area (Å²) in [5, 5.41) is -0.378. The van der Waals surface area contributed by atoms with Gasteiger partial charge >= 0.3 is 0 Å². The molecule has 0 bridgehead atoms. The Balaban J connectivity index is 2.64. The second-order valence-electron chi connectivity index (χ2n) is 5.35. The normalized spacial score (nSPS) is 12.1. The standard InChI is InChI=1S/C17H14ClF2NO3S/c1-21(2)10-16(25(23,24)11-6-4-3-5-7-11)17(22)12-8-14(19)15(20)9-13(12)18/h3-10H,1-2H3/b16-10-. The molecule has 2 aromatic carbocycles. The van der Waals surface area contributed by atoms with Crippen molar-refractivity contribution >= 4 is 27.2 Å². The Morgan fingerprint density at radius 3 is 2.20 bits per heavy atom. The van der Waals surface area contributed by atoms with Crippen LogP contribution in [-0.2, 0) is 9.84 Å². The maximum atomic E-state index is 13.5. The monoisotopic (exact) mass is 385 g/mol. The number of allylic oxidation sites excluding steroid dienone is 1. The first-order valence-corrected chi connectivity index (χ1v) is 8.88. The van der Waals surface area contributed by atoms with E-state index in [1.54, 1.807) is 6.07 Å². The van der Waals surface area contributed by atoms with Crippen LogP contribution in [-0.4, -0.2) is 33.2 Å². The lowest BCUT2D eigenvalue weighted by Gasteiger charge is -2.13. The molecule has 8 heteroatoms. The van der Waals surface area contributed by atoms with Crippen molar-refractivity contribution in [3.63, 3.8) is 0 Å². The van der Waals surface area contributed by atoms with E-state index in [4.69, 9.17) is 11.6 Å². The third kappa shape index (κ3) is 4.05. The Hall–Kier alpha value is -2.25. The molecule has 0 saturated carbocycles. The van der Waals surface area contributed by atoms with Crippen LogP contribution in [0, 0.1) is 11.6 Å². The van der Waals surface area contributed by atoms with Crippen LogP contribution in [0.4, 0.5) is 8.78 Å². The fourth-order valence-corrected chi connectivity index (χ4v) is 3.75. The van der Waals surface area contributed by atoms with Crippen LogP contribution in [0.1, 0.15) is 10.4 Å². The molecule has 0 N–H and O–H groups in total. The Morgan fingerprint density at radius 1 is 1.08 bits per heavy atom. The summed E-state index contributed by atoms with van der Waals surface area (Å²) < 4.78 is 52.4. The molecule has 4 nitrogen and oxygen atoms in total. The molecular formula is C17H14ClF2NO3S. The average molecular weight is 386 g/mol. The van der Waals surface area contributed by atoms with Gasteiger partial charge < -0.3 is 4.90 Å². The van der Waals surface area contributed by atoms with E-state index >= 15 is 0 Å². The highest BCUT2D eigenvalue weighted by atomic mass is 35.5. The van der Waals surface area contributed by atoms with Gasteiger partial charge in [0.05, 0.1) is 9.92 Å². The smallest absolute Gasteiger partial charge is 0.211 e. The summed E-state index contributed by atoms with van der Waals surface area (Å²) in [4.78, 5) is 13.4. The first kappa shape index (κ1) is 19.1. The maximum absolute atomic E-state index is 13.5. The highest BCUT2D eigenvalue weighted by molar-refractivity contribution is 7.96. The zero-order valence-electron chi connectivity index (χ0n) is 13.3. The Bertz CT molecular complexity index is 942. The van der Waals surface area contributed by atoms with Gasteiger partial charge in [-0.05, 0) is 24.3 Å². The molecule has 0 spiro atoms. The van der Waals surface area contributed by atoms with Gasteiger partial charge in [-0.3, -0.25) is 4.79 Å². The minimum atomic E-state index is -4.19. The molecule has 0 atom stereocenters. The van der Waals surface area contributed by atoms with Gasteiger partial charge in [-0.1, -0.05) is 29.8 Å². The minimum Gasteiger partial charge on any atom is -0.382 e. The topological polar surface area (TPSA) is 54.5 Å². The Labute approximate surface area is 149 Å². The molecule has 2 rings (SSSR count). The molecule has 0 unspecified atom stereocenters. The second-order valence-corrected chi connectivity index (χ2v) is 7.67. The number of rotatable bonds is 5. The largest absolute Gasteiger partial charge is 0.382 e. The summed E-state index contributed by atoms with van der Waals surface area (Å²) in [6, 6.07) is 8.53. The lowest BCUT2D eigenvalue weighted by atomic mass is 10.1. The number of hydrogen-bond acceptors (Lipinski definition) is 4. The molecule has 0 fully saturated rings. The van der Waals surface area contributed by atoms with Crippen molar-refractivity contribution in [3.8, 4) is 0 Å². The molecule has 132 valence electrons. The van der Waals surface area contributed by atoms with E-state index in [1.165, 1.54) is 43.3 Å². The number of Topliss-reactive ketones (excluding diaryl/α,β-unsaturated/α-hetero) is 1. The molecule has 0 amide bonds. The Kier molecular flexibility index (Phi) is 5.59. The quantitative estimate of drug-likeness (QED) is 0.447. The van der Waals surface area contributed by atoms with Crippen LogP contribution in [0.3, 0.4) is 0 Å². The van der Waals surface area contributed by atoms with Crippen molar-refractivity contribution in [3.05, 3.63) is 75.8 Å². The summed E-state index contributed by atoms with van der Waals surface area (Å²) in [6.45, 7) is 0. The lowest BCUT2D eigenvalue weighted by molar-refractivity contribution is 0.104. The van der Waals surface area contributed by atoms with Crippen molar-refractivity contribution < 1.29 is 22.0 Å². The SMILES string of the molecule is CN(C)/C=C(/C(=O)c1cc(F)c(F)cc1Cl)S(=O)(=O)c1ccccc1. The molecule has 0 heterocycles. The van der Waals surface area contributed by atoms with Gasteiger partial charge in [-0.2, -0.15) is 0 Å². The van der Waals surface area contributed by atoms with Crippen LogP contribution >= 0.6 is 11.6 Å². The number of benzene rings is 2. The van der Waals surface area contributed by atoms with Gasteiger partial charge in [0.15, 0.2) is 11.6 Å². The van der Waals surface area contributed by atoms with E-state index < -0.39 is 37.7 Å². The minimum absolute atomic E-state index is 0.102. The van der Waals surface area contributed by atoms with Crippen molar-refractivity contribution in [2.75, 3.05) is 14.1 Å². The summed E-state index contributed by atoms with van der Waals surface area (Å²) >= 11 is 5.81. The molecule has 0 radical (unpaired) electrons. The van der Waals surface area contributed by atoms with Crippen LogP contribution in [0.2, 0.25) is 5.02 Å². The van der Waals surface area contributed by atoms with Gasteiger partial charge in [-0.25, -0.2) is 17.2 Å². The lowest BCUT2D eigenvalue weighted by Crippen LogP contribution is -2.18. The first-order chi connectivity index (χ1) is 11.6. The van der Waals surface area contributed by atoms with Crippen LogP contribution in [0.5, 0.6) is 0 Å². The van der Waals surface area contributed by atoms with E-state index in [1.807, 2.05) is 0 Å². The van der Waals surface area contributed by atoms with Crippen molar-refractivity contribution in [1.29, 1.82) is 0 Å². The van der Waals surface area contributed by atoms with Gasteiger partial charge in [-0.15, -0.1) is 0 Å². The summed E-state index contributed by atoms with van der Waals surface area (Å²) in [7, 11) is -1.13. The molecule has 25 heavy (non-hydrogen) atoms. The highest BCUT2D eigenvalue weighted by Crippen LogP contribution is 2.27. The molecule has 0 aliphatic carbocycles. The van der Waals surface area contributed by atoms with E-state index in [0.717, 1.165) is 6.20 Å². The molecule has 0 aromatic heterocycles. The molecule has 0 aliphatic rings. The number of sulfone groups is 1. The second kappa shape index (κ2) is 7.33. The van der Waals surface area contributed by atoms with E-state index in [0.29, 0.717) is 12.1 Å². The first-order valence-electron chi connectivity index (χ1n) is 7.02. The van der Waals surface area contributed by atoms with Gasteiger partial charge in [0, 0.05) is 25.9 Å². The third-order valence-corrected chi connectivity index (χ3v) is 5.27. The zero-order chi connectivity index (χ0) is 18.8. The van der Waals surface area contributed by atoms with Gasteiger partial charge in [0.2, 0.25) is 15.6 Å². The number of carbonyl (C=O) groups is 1. The molecular weight excluding hydrogens is 372 g/mol. The maximum Gasteiger partial charge on any atom is 0.211 e. The number of hydrogen-bond donors (Lipinski definition) is 0. The van der Waals surface area contributed by atoms with Crippen LogP contribution in [0.15, 0.2) is 58.5 Å². The number of carbonyl (C=O) groups excluding carboxylic acids is 1. The van der Waals surface area contributed by atoms with Gasteiger partial charge in [0.1, 0.15) is 4.91 Å². The van der Waals surface area contributed by atoms with E-state index in [-0.39, 0.29) is 9.92 Å². The summed E-state index contributed by atoms with van der Waals surface area (Å²) in [5.74, 6) is -3.55. The van der Waals surface area contributed by atoms with Crippen molar-refractivity contribution in [2.45, 2.75) is 4.90 Å². The van der Waals surface area contributed by atoms with E-state index in [9.17, 15) is 22.0 Å². The predicted octanol–water partition coefficient (Wildman–Crippen LogP) is 3.68. The fraction of sp³-hybridized carbons (Fsp3) is 0.118. The van der Waals surface area contributed by atoms with Crippen LogP contribution < -0.4 is 0 Å². The van der Waals surface area contributed by atoms with Crippen molar-refractivity contribution in [1.82, 2.24) is 4.90 Å². The number of ketones is 1. The third-order valence-electron chi connectivity index (χ3n) is 3.20. The van der Waals surface area contributed by atoms with Gasteiger partial charge in [0.25, 0.3) is 0 Å². The van der Waals surface area contributed by atoms with Crippen molar-refractivity contribution in [2.24, 2.45) is 0 Å².